The molecule has 0 spiro atoms. The lowest BCUT2D eigenvalue weighted by Crippen LogP contribution is -2.37. The van der Waals surface area contributed by atoms with Crippen molar-refractivity contribution in [3.8, 4) is 0 Å². The molecule has 1 heteroatoms. The van der Waals surface area contributed by atoms with E-state index in [9.17, 15) is 0 Å². The standard InChI is InChI=1S/C8H14N/c1-6-4-7-2-3-8(5-6)9-7/h6-9H,1-5H2/t6-,7+,8-. The van der Waals surface area contributed by atoms with Gasteiger partial charge in [-0.1, -0.05) is 6.92 Å². The fraction of sp³-hybridized carbons (Fsp3) is 0.875. The Labute approximate surface area is 56.8 Å². The summed E-state index contributed by atoms with van der Waals surface area (Å²) in [4.78, 5) is 0. The minimum absolute atomic E-state index is 0.740. The van der Waals surface area contributed by atoms with Crippen LogP contribution in [0.1, 0.15) is 25.7 Å². The van der Waals surface area contributed by atoms with E-state index in [2.05, 4.69) is 12.2 Å². The SMILES string of the molecule is [CH2][C@H]1C[C@H]2CC[C@@H](C1)N2. The van der Waals surface area contributed by atoms with Crippen LogP contribution >= 0.6 is 0 Å². The van der Waals surface area contributed by atoms with Crippen LogP contribution in [0.2, 0.25) is 0 Å². The van der Waals surface area contributed by atoms with Gasteiger partial charge in [0.15, 0.2) is 0 Å². The van der Waals surface area contributed by atoms with Crippen LogP contribution in [0.4, 0.5) is 0 Å². The average molecular weight is 124 g/mol. The van der Waals surface area contributed by atoms with E-state index in [0.29, 0.717) is 0 Å². The maximum Gasteiger partial charge on any atom is 0.00728 e. The highest BCUT2D eigenvalue weighted by atomic mass is 15.0. The Bertz CT molecular complexity index is 99.1. The number of hydrogen-bond acceptors (Lipinski definition) is 1. The van der Waals surface area contributed by atoms with E-state index >= 15 is 0 Å². The van der Waals surface area contributed by atoms with E-state index in [1.54, 1.807) is 0 Å². The number of fused-ring (bicyclic) bond motifs is 2. The third-order valence-corrected chi connectivity index (χ3v) is 2.57. The van der Waals surface area contributed by atoms with Gasteiger partial charge in [-0.25, -0.2) is 0 Å². The summed E-state index contributed by atoms with van der Waals surface area (Å²) < 4.78 is 0. The second-order valence-corrected chi connectivity index (χ2v) is 3.48. The smallest absolute Gasteiger partial charge is 0.00728 e. The van der Waals surface area contributed by atoms with Gasteiger partial charge in [-0.05, 0) is 31.6 Å². The fourth-order valence-electron chi connectivity index (χ4n) is 2.18. The van der Waals surface area contributed by atoms with Gasteiger partial charge >= 0.3 is 0 Å². The van der Waals surface area contributed by atoms with Gasteiger partial charge in [0, 0.05) is 12.1 Å². The Balaban J connectivity index is 2.03. The number of hydrogen-bond donors (Lipinski definition) is 1. The molecule has 2 bridgehead atoms. The molecule has 0 aliphatic carbocycles. The summed E-state index contributed by atoms with van der Waals surface area (Å²) in [6.45, 7) is 4.10. The Morgan fingerprint density at radius 1 is 1.11 bits per heavy atom. The van der Waals surface area contributed by atoms with Crippen LogP contribution in [0.3, 0.4) is 0 Å². The number of piperidine rings is 1. The molecule has 1 radical (unpaired) electrons. The zero-order valence-electron chi connectivity index (χ0n) is 5.77. The quantitative estimate of drug-likeness (QED) is 0.514. The van der Waals surface area contributed by atoms with Gasteiger partial charge < -0.3 is 5.32 Å². The van der Waals surface area contributed by atoms with E-state index < -0.39 is 0 Å². The Kier molecular flexibility index (Phi) is 1.26. The first kappa shape index (κ1) is 5.72. The molecule has 2 fully saturated rings. The number of rotatable bonds is 0. The molecule has 0 aromatic carbocycles. The summed E-state index contributed by atoms with van der Waals surface area (Å²) in [6, 6.07) is 1.65. The number of nitrogens with one attached hydrogen (secondary N) is 1. The third-order valence-electron chi connectivity index (χ3n) is 2.57. The highest BCUT2D eigenvalue weighted by Gasteiger charge is 2.30. The van der Waals surface area contributed by atoms with E-state index in [-0.39, 0.29) is 0 Å². The van der Waals surface area contributed by atoms with Gasteiger partial charge in [0.1, 0.15) is 0 Å². The molecule has 2 aliphatic heterocycles. The molecule has 2 saturated heterocycles. The molecule has 0 unspecified atom stereocenters. The molecule has 0 amide bonds. The minimum atomic E-state index is 0.740. The Morgan fingerprint density at radius 2 is 1.67 bits per heavy atom. The Hall–Kier alpha value is -0.0400. The molecule has 0 saturated carbocycles. The normalized spacial score (nSPS) is 49.7. The van der Waals surface area contributed by atoms with E-state index in [1.165, 1.54) is 25.7 Å². The lowest BCUT2D eigenvalue weighted by molar-refractivity contribution is 0.342. The first-order valence-corrected chi connectivity index (χ1v) is 3.94. The lowest BCUT2D eigenvalue weighted by atomic mass is 9.95. The van der Waals surface area contributed by atoms with Crippen LogP contribution in [-0.4, -0.2) is 12.1 Å². The lowest BCUT2D eigenvalue weighted by Gasteiger charge is -2.25. The first-order valence-electron chi connectivity index (χ1n) is 3.94. The maximum atomic E-state index is 4.10. The van der Waals surface area contributed by atoms with Gasteiger partial charge in [-0.15, -0.1) is 0 Å². The van der Waals surface area contributed by atoms with Crippen molar-refractivity contribution in [1.29, 1.82) is 0 Å². The predicted octanol–water partition coefficient (Wildman–Crippen LogP) is 1.35. The topological polar surface area (TPSA) is 12.0 Å². The van der Waals surface area contributed by atoms with Crippen molar-refractivity contribution in [1.82, 2.24) is 5.32 Å². The van der Waals surface area contributed by atoms with E-state index in [4.69, 9.17) is 0 Å². The molecule has 3 atom stereocenters. The van der Waals surface area contributed by atoms with Crippen molar-refractivity contribution in [2.45, 2.75) is 37.8 Å². The highest BCUT2D eigenvalue weighted by molar-refractivity contribution is 4.92. The van der Waals surface area contributed by atoms with E-state index in [0.717, 1.165) is 18.0 Å². The molecule has 1 N–H and O–H groups in total. The average Bonchev–Trinajstić information content (AvgIpc) is 2.11. The van der Waals surface area contributed by atoms with Crippen LogP contribution in [-0.2, 0) is 0 Å². The van der Waals surface area contributed by atoms with Crippen molar-refractivity contribution in [3.05, 3.63) is 6.92 Å². The van der Waals surface area contributed by atoms with Gasteiger partial charge in [0.2, 0.25) is 0 Å². The Morgan fingerprint density at radius 3 is 2.22 bits per heavy atom. The second-order valence-electron chi connectivity index (χ2n) is 3.48. The van der Waals surface area contributed by atoms with Crippen molar-refractivity contribution < 1.29 is 0 Å². The van der Waals surface area contributed by atoms with Crippen LogP contribution in [0, 0.1) is 12.8 Å². The maximum absolute atomic E-state index is 4.10. The molecule has 51 valence electrons. The van der Waals surface area contributed by atoms with Gasteiger partial charge in [-0.2, -0.15) is 0 Å². The van der Waals surface area contributed by atoms with E-state index in [1.807, 2.05) is 0 Å². The van der Waals surface area contributed by atoms with Crippen LogP contribution in [0.15, 0.2) is 0 Å². The van der Waals surface area contributed by atoms with Gasteiger partial charge in [0.05, 0.1) is 0 Å². The zero-order chi connectivity index (χ0) is 6.27. The zero-order valence-corrected chi connectivity index (χ0v) is 5.77. The molecule has 0 aromatic heterocycles. The molecule has 2 heterocycles. The van der Waals surface area contributed by atoms with Crippen molar-refractivity contribution in [2.75, 3.05) is 0 Å². The molecule has 1 nitrogen and oxygen atoms in total. The van der Waals surface area contributed by atoms with Crippen LogP contribution in [0.5, 0.6) is 0 Å². The van der Waals surface area contributed by atoms with Crippen LogP contribution < -0.4 is 5.32 Å². The molecule has 9 heavy (non-hydrogen) atoms. The second kappa shape index (κ2) is 1.98. The van der Waals surface area contributed by atoms with Gasteiger partial charge in [0.25, 0.3) is 0 Å². The predicted molar refractivity (Wildman–Crippen MR) is 38.0 cm³/mol. The fourth-order valence-corrected chi connectivity index (χ4v) is 2.18. The van der Waals surface area contributed by atoms with Crippen molar-refractivity contribution >= 4 is 0 Å². The summed E-state index contributed by atoms with van der Waals surface area (Å²) in [5.41, 5.74) is 0. The van der Waals surface area contributed by atoms with Crippen LogP contribution in [0.25, 0.3) is 0 Å². The highest BCUT2D eigenvalue weighted by Crippen LogP contribution is 2.29. The summed E-state index contributed by atoms with van der Waals surface area (Å²) in [5, 5.41) is 3.58. The monoisotopic (exact) mass is 124 g/mol. The van der Waals surface area contributed by atoms with Crippen molar-refractivity contribution in [3.63, 3.8) is 0 Å². The third kappa shape index (κ3) is 0.983. The molecule has 2 rings (SSSR count). The largest absolute Gasteiger partial charge is 0.311 e. The summed E-state index contributed by atoms with van der Waals surface area (Å²) in [5.74, 6) is 0.740. The summed E-state index contributed by atoms with van der Waals surface area (Å²) >= 11 is 0. The van der Waals surface area contributed by atoms with Crippen molar-refractivity contribution in [2.24, 2.45) is 5.92 Å². The first-order chi connectivity index (χ1) is 4.34. The molecule has 2 aliphatic rings. The minimum Gasteiger partial charge on any atom is -0.311 e. The molecular weight excluding hydrogens is 110 g/mol. The molecule has 0 aromatic rings. The van der Waals surface area contributed by atoms with Gasteiger partial charge in [-0.3, -0.25) is 0 Å². The summed E-state index contributed by atoms with van der Waals surface area (Å²) in [7, 11) is 0. The summed E-state index contributed by atoms with van der Waals surface area (Å²) in [6.07, 6.45) is 5.43. The molecular formula is C8H14N.